The highest BCUT2D eigenvalue weighted by atomic mass is 32.2. The van der Waals surface area contributed by atoms with Crippen LogP contribution in [0.4, 0.5) is 0 Å². The molecule has 1 N–H and O–H groups in total. The molecule has 2 aliphatic rings. The second-order valence-electron chi connectivity index (χ2n) is 6.89. The van der Waals surface area contributed by atoms with Crippen LogP contribution in [0.2, 0.25) is 0 Å². The number of thioether (sulfide) groups is 1. The summed E-state index contributed by atoms with van der Waals surface area (Å²) in [5, 5.41) is 3.97. The summed E-state index contributed by atoms with van der Waals surface area (Å²) in [5.74, 6) is 1.31. The molecule has 0 unspecified atom stereocenters. The first-order valence-electron chi connectivity index (χ1n) is 8.69. The monoisotopic (exact) mass is 298 g/mol. The number of hydrogen-bond donors (Lipinski definition) is 1. The average Bonchev–Trinajstić information content (AvgIpc) is 2.51. The average molecular weight is 299 g/mol. The fourth-order valence-corrected chi connectivity index (χ4v) is 4.61. The molecule has 2 rings (SSSR count). The second kappa shape index (κ2) is 7.51. The maximum Gasteiger partial charge on any atom is 0.0334 e. The Kier molecular flexibility index (Phi) is 6.25. The highest BCUT2D eigenvalue weighted by Gasteiger charge is 2.45. The molecule has 2 nitrogen and oxygen atoms in total. The Morgan fingerprint density at radius 2 is 1.80 bits per heavy atom. The fraction of sp³-hybridized carbons (Fsp3) is 1.00. The lowest BCUT2D eigenvalue weighted by Crippen LogP contribution is -2.70. The molecule has 0 aromatic heterocycles. The lowest BCUT2D eigenvalue weighted by Gasteiger charge is -2.56. The van der Waals surface area contributed by atoms with Gasteiger partial charge in [0.05, 0.1) is 0 Å². The van der Waals surface area contributed by atoms with Crippen LogP contribution in [-0.4, -0.2) is 47.6 Å². The molecule has 0 amide bonds. The van der Waals surface area contributed by atoms with Crippen molar-refractivity contribution < 1.29 is 0 Å². The molecule has 0 atom stereocenters. The summed E-state index contributed by atoms with van der Waals surface area (Å²) < 4.78 is 0. The van der Waals surface area contributed by atoms with E-state index in [1.807, 2.05) is 11.8 Å². The van der Waals surface area contributed by atoms with E-state index in [-0.39, 0.29) is 0 Å². The van der Waals surface area contributed by atoms with Crippen molar-refractivity contribution in [3.8, 4) is 0 Å². The molecule has 0 aromatic carbocycles. The van der Waals surface area contributed by atoms with E-state index in [2.05, 4.69) is 30.3 Å². The Balaban J connectivity index is 2.07. The molecular formula is C17H34N2S. The van der Waals surface area contributed by atoms with E-state index in [1.54, 1.807) is 0 Å². The van der Waals surface area contributed by atoms with E-state index in [0.717, 1.165) is 0 Å². The van der Waals surface area contributed by atoms with Crippen molar-refractivity contribution in [2.45, 2.75) is 76.3 Å². The summed E-state index contributed by atoms with van der Waals surface area (Å²) in [4.78, 5) is 2.89. The van der Waals surface area contributed by atoms with Gasteiger partial charge in [-0.25, -0.2) is 0 Å². The molecule has 1 heterocycles. The van der Waals surface area contributed by atoms with Crippen molar-refractivity contribution >= 4 is 11.8 Å². The van der Waals surface area contributed by atoms with Crippen LogP contribution < -0.4 is 5.32 Å². The molecule has 1 aliphatic heterocycles. The molecule has 2 fully saturated rings. The van der Waals surface area contributed by atoms with Crippen molar-refractivity contribution in [1.82, 2.24) is 10.2 Å². The highest BCUT2D eigenvalue weighted by molar-refractivity contribution is 7.98. The molecule has 1 saturated carbocycles. The summed E-state index contributed by atoms with van der Waals surface area (Å²) in [6, 6.07) is 0. The molecule has 1 aliphatic carbocycles. The predicted molar refractivity (Wildman–Crippen MR) is 91.7 cm³/mol. The normalized spacial score (nSPS) is 25.9. The lowest BCUT2D eigenvalue weighted by molar-refractivity contribution is -0.0213. The minimum absolute atomic E-state index is 0.377. The number of nitrogens with one attached hydrogen (secondary N) is 1. The third kappa shape index (κ3) is 3.53. The number of piperazine rings is 1. The van der Waals surface area contributed by atoms with Gasteiger partial charge in [0, 0.05) is 24.2 Å². The minimum atomic E-state index is 0.377. The second-order valence-corrected chi connectivity index (χ2v) is 7.88. The zero-order valence-electron chi connectivity index (χ0n) is 13.8. The first kappa shape index (κ1) is 16.6. The number of rotatable bonds is 6. The first-order valence-corrected chi connectivity index (χ1v) is 10.1. The summed E-state index contributed by atoms with van der Waals surface area (Å²) in [5.41, 5.74) is 0.868. The van der Waals surface area contributed by atoms with Crippen LogP contribution in [0, 0.1) is 0 Å². The topological polar surface area (TPSA) is 15.3 Å². The van der Waals surface area contributed by atoms with Crippen molar-refractivity contribution in [3.05, 3.63) is 0 Å². The molecule has 1 spiro atoms. The van der Waals surface area contributed by atoms with Crippen molar-refractivity contribution in [1.29, 1.82) is 0 Å². The van der Waals surface area contributed by atoms with Crippen LogP contribution in [0.15, 0.2) is 0 Å². The van der Waals surface area contributed by atoms with E-state index in [4.69, 9.17) is 0 Å². The maximum atomic E-state index is 3.97. The van der Waals surface area contributed by atoms with E-state index in [1.165, 1.54) is 76.8 Å². The van der Waals surface area contributed by atoms with Crippen molar-refractivity contribution in [2.75, 3.05) is 31.6 Å². The third-order valence-corrected chi connectivity index (χ3v) is 6.57. The Bertz CT molecular complexity index is 283. The van der Waals surface area contributed by atoms with Gasteiger partial charge in [-0.15, -0.1) is 0 Å². The summed E-state index contributed by atoms with van der Waals surface area (Å²) in [6.07, 6.45) is 13.3. The van der Waals surface area contributed by atoms with Gasteiger partial charge in [-0.05, 0) is 50.7 Å². The fourth-order valence-electron chi connectivity index (χ4n) is 4.20. The van der Waals surface area contributed by atoms with E-state index < -0.39 is 0 Å². The lowest BCUT2D eigenvalue weighted by atomic mass is 9.75. The van der Waals surface area contributed by atoms with Crippen LogP contribution in [0.3, 0.4) is 0 Å². The summed E-state index contributed by atoms with van der Waals surface area (Å²) in [6.45, 7) is 8.53. The quantitative estimate of drug-likeness (QED) is 0.749. The van der Waals surface area contributed by atoms with Gasteiger partial charge in [0.25, 0.3) is 0 Å². The van der Waals surface area contributed by atoms with Gasteiger partial charge in [-0.1, -0.05) is 33.1 Å². The Labute approximate surface area is 130 Å². The van der Waals surface area contributed by atoms with Gasteiger partial charge in [-0.3, -0.25) is 4.90 Å². The zero-order valence-corrected chi connectivity index (χ0v) is 14.7. The minimum Gasteiger partial charge on any atom is -0.308 e. The van der Waals surface area contributed by atoms with Gasteiger partial charge in [0.1, 0.15) is 0 Å². The largest absolute Gasteiger partial charge is 0.308 e. The molecule has 0 aromatic rings. The first-order chi connectivity index (χ1) is 9.70. The maximum absolute atomic E-state index is 3.97. The van der Waals surface area contributed by atoms with Gasteiger partial charge in [0.2, 0.25) is 0 Å². The van der Waals surface area contributed by atoms with E-state index >= 15 is 0 Å². The zero-order chi connectivity index (χ0) is 14.5. The van der Waals surface area contributed by atoms with Crippen LogP contribution >= 0.6 is 11.8 Å². The van der Waals surface area contributed by atoms with Crippen molar-refractivity contribution in [2.24, 2.45) is 0 Å². The molecular weight excluding hydrogens is 264 g/mol. The van der Waals surface area contributed by atoms with Gasteiger partial charge < -0.3 is 5.32 Å². The van der Waals surface area contributed by atoms with E-state index in [0.29, 0.717) is 11.1 Å². The van der Waals surface area contributed by atoms with Crippen LogP contribution in [0.25, 0.3) is 0 Å². The molecule has 0 radical (unpaired) electrons. The Hall–Kier alpha value is 0.270. The van der Waals surface area contributed by atoms with Crippen molar-refractivity contribution in [3.63, 3.8) is 0 Å². The van der Waals surface area contributed by atoms with Gasteiger partial charge in [0.15, 0.2) is 0 Å². The van der Waals surface area contributed by atoms with Gasteiger partial charge >= 0.3 is 0 Å². The SMILES string of the molecule is CCC1(CC)CN(CCCSC)C2(CCCCC2)CN1. The highest BCUT2D eigenvalue weighted by Crippen LogP contribution is 2.38. The molecule has 3 heteroatoms. The van der Waals surface area contributed by atoms with Crippen LogP contribution in [0.1, 0.15) is 65.2 Å². The number of nitrogens with zero attached hydrogens (tertiary/aromatic N) is 1. The smallest absolute Gasteiger partial charge is 0.0334 e. The Morgan fingerprint density at radius 3 is 2.40 bits per heavy atom. The third-order valence-electron chi connectivity index (χ3n) is 5.87. The number of hydrogen-bond acceptors (Lipinski definition) is 3. The Morgan fingerprint density at radius 1 is 1.10 bits per heavy atom. The molecule has 0 bridgehead atoms. The molecule has 20 heavy (non-hydrogen) atoms. The van der Waals surface area contributed by atoms with Crippen LogP contribution in [0.5, 0.6) is 0 Å². The van der Waals surface area contributed by atoms with E-state index in [9.17, 15) is 0 Å². The van der Waals surface area contributed by atoms with Crippen LogP contribution in [-0.2, 0) is 0 Å². The predicted octanol–water partition coefficient (Wildman–Crippen LogP) is 3.91. The molecule has 118 valence electrons. The summed E-state index contributed by atoms with van der Waals surface area (Å²) >= 11 is 1.99. The van der Waals surface area contributed by atoms with Gasteiger partial charge in [-0.2, -0.15) is 11.8 Å². The summed E-state index contributed by atoms with van der Waals surface area (Å²) in [7, 11) is 0. The molecule has 1 saturated heterocycles. The standard InChI is InChI=1S/C17H34N2S/c1-4-16(5-2)15-19(12-9-13-20-3)17(14-18-16)10-7-6-8-11-17/h18H,4-15H2,1-3H3.